The summed E-state index contributed by atoms with van der Waals surface area (Å²) in [5.41, 5.74) is 1.59. The second kappa shape index (κ2) is 9.19. The van der Waals surface area contributed by atoms with E-state index in [0.29, 0.717) is 54.6 Å². The first-order chi connectivity index (χ1) is 14.7. The number of amides is 2. The Hall–Kier alpha value is -3.71. The number of hydrogen-bond donors (Lipinski definition) is 1. The summed E-state index contributed by atoms with van der Waals surface area (Å²) < 4.78 is 11.0. The third-order valence-corrected chi connectivity index (χ3v) is 4.65. The lowest BCUT2D eigenvalue weighted by molar-refractivity contribution is 0.0303. The number of rotatable bonds is 5. The fourth-order valence-electron chi connectivity index (χ4n) is 3.10. The van der Waals surface area contributed by atoms with Gasteiger partial charge in [0.2, 0.25) is 0 Å². The third-order valence-electron chi connectivity index (χ3n) is 4.65. The highest BCUT2D eigenvalue weighted by molar-refractivity contribution is 6.05. The van der Waals surface area contributed by atoms with Crippen molar-refractivity contribution in [2.75, 3.05) is 31.6 Å². The number of nitrogens with one attached hydrogen (secondary N) is 1. The number of aromatic nitrogens is 1. The molecule has 2 aromatic carbocycles. The van der Waals surface area contributed by atoms with Gasteiger partial charge in [-0.05, 0) is 54.6 Å². The number of benzene rings is 2. The summed E-state index contributed by atoms with van der Waals surface area (Å²) >= 11 is 0. The number of nitrogens with zero attached hydrogens (tertiary/aromatic N) is 2. The number of morpholine rings is 1. The van der Waals surface area contributed by atoms with Gasteiger partial charge in [-0.25, -0.2) is 0 Å². The Morgan fingerprint density at radius 3 is 2.47 bits per heavy atom. The zero-order chi connectivity index (χ0) is 20.8. The second-order valence-corrected chi connectivity index (χ2v) is 6.75. The molecular formula is C23H21N3O4. The first kappa shape index (κ1) is 19.6. The van der Waals surface area contributed by atoms with E-state index in [1.807, 2.05) is 0 Å². The van der Waals surface area contributed by atoms with Crippen LogP contribution in [0.4, 0.5) is 5.69 Å². The average Bonchev–Trinajstić information content (AvgIpc) is 2.80. The molecule has 2 amide bonds. The van der Waals surface area contributed by atoms with Gasteiger partial charge in [0.1, 0.15) is 11.5 Å². The maximum Gasteiger partial charge on any atom is 0.255 e. The van der Waals surface area contributed by atoms with E-state index in [2.05, 4.69) is 10.3 Å². The van der Waals surface area contributed by atoms with Crippen LogP contribution in [0.5, 0.6) is 11.5 Å². The lowest BCUT2D eigenvalue weighted by Crippen LogP contribution is -2.40. The summed E-state index contributed by atoms with van der Waals surface area (Å²) in [6.45, 7) is 2.23. The molecule has 0 spiro atoms. The highest BCUT2D eigenvalue weighted by Crippen LogP contribution is 2.21. The summed E-state index contributed by atoms with van der Waals surface area (Å²) in [6, 6.07) is 17.4. The average molecular weight is 403 g/mol. The number of ether oxygens (including phenoxy) is 2. The predicted molar refractivity (Wildman–Crippen MR) is 112 cm³/mol. The van der Waals surface area contributed by atoms with E-state index in [0.717, 1.165) is 0 Å². The van der Waals surface area contributed by atoms with Crippen molar-refractivity contribution in [2.24, 2.45) is 0 Å². The Balaban J connectivity index is 1.40. The molecule has 1 aromatic heterocycles. The Bertz CT molecular complexity index is 1020. The molecule has 4 rings (SSSR count). The van der Waals surface area contributed by atoms with Gasteiger partial charge in [0.15, 0.2) is 0 Å². The molecule has 1 aliphatic rings. The molecule has 0 radical (unpaired) electrons. The van der Waals surface area contributed by atoms with Crippen LogP contribution < -0.4 is 10.1 Å². The van der Waals surface area contributed by atoms with Crippen LogP contribution in [0.1, 0.15) is 20.7 Å². The van der Waals surface area contributed by atoms with Gasteiger partial charge in [-0.15, -0.1) is 0 Å². The van der Waals surface area contributed by atoms with Gasteiger partial charge >= 0.3 is 0 Å². The van der Waals surface area contributed by atoms with E-state index in [9.17, 15) is 9.59 Å². The van der Waals surface area contributed by atoms with Crippen molar-refractivity contribution in [1.29, 1.82) is 0 Å². The molecule has 152 valence electrons. The van der Waals surface area contributed by atoms with E-state index < -0.39 is 0 Å². The van der Waals surface area contributed by atoms with Gasteiger partial charge in [-0.2, -0.15) is 0 Å². The smallest absolute Gasteiger partial charge is 0.255 e. The molecule has 7 nitrogen and oxygen atoms in total. The van der Waals surface area contributed by atoms with Crippen molar-refractivity contribution in [3.05, 3.63) is 84.2 Å². The predicted octanol–water partition coefficient (Wildman–Crippen LogP) is 3.60. The molecule has 0 aliphatic carbocycles. The normalized spacial score (nSPS) is 13.5. The molecule has 0 bridgehead atoms. The topological polar surface area (TPSA) is 80.8 Å². The lowest BCUT2D eigenvalue weighted by Gasteiger charge is -2.27. The molecule has 0 saturated carbocycles. The monoisotopic (exact) mass is 403 g/mol. The van der Waals surface area contributed by atoms with Crippen LogP contribution >= 0.6 is 0 Å². The minimum absolute atomic E-state index is 0.0636. The molecule has 7 heteroatoms. The van der Waals surface area contributed by atoms with Crippen LogP contribution in [0.25, 0.3) is 0 Å². The molecular weight excluding hydrogens is 382 g/mol. The molecule has 1 fully saturated rings. The van der Waals surface area contributed by atoms with E-state index in [4.69, 9.17) is 9.47 Å². The molecule has 0 atom stereocenters. The Labute approximate surface area is 174 Å². The van der Waals surface area contributed by atoms with Gasteiger partial charge < -0.3 is 19.7 Å². The minimum Gasteiger partial charge on any atom is -0.456 e. The van der Waals surface area contributed by atoms with Gasteiger partial charge in [0.25, 0.3) is 11.8 Å². The summed E-state index contributed by atoms with van der Waals surface area (Å²) in [7, 11) is 0. The first-order valence-electron chi connectivity index (χ1n) is 9.65. The van der Waals surface area contributed by atoms with Crippen LogP contribution in [0.15, 0.2) is 73.1 Å². The summed E-state index contributed by atoms with van der Waals surface area (Å²) in [6.07, 6.45) is 3.29. The van der Waals surface area contributed by atoms with Crippen molar-refractivity contribution in [3.63, 3.8) is 0 Å². The second-order valence-electron chi connectivity index (χ2n) is 6.75. The summed E-state index contributed by atoms with van der Waals surface area (Å²) in [5.74, 6) is 0.902. The van der Waals surface area contributed by atoms with Gasteiger partial charge in [-0.1, -0.05) is 6.07 Å². The van der Waals surface area contributed by atoms with Crippen LogP contribution in [0.2, 0.25) is 0 Å². The van der Waals surface area contributed by atoms with Gasteiger partial charge in [0.05, 0.1) is 19.4 Å². The quantitative estimate of drug-likeness (QED) is 0.704. The fraction of sp³-hybridized carbons (Fsp3) is 0.174. The zero-order valence-corrected chi connectivity index (χ0v) is 16.3. The van der Waals surface area contributed by atoms with Crippen LogP contribution in [-0.4, -0.2) is 48.0 Å². The van der Waals surface area contributed by atoms with E-state index in [1.54, 1.807) is 78.0 Å². The molecule has 3 aromatic rings. The molecule has 30 heavy (non-hydrogen) atoms. The van der Waals surface area contributed by atoms with E-state index in [-0.39, 0.29) is 11.8 Å². The molecule has 2 heterocycles. The highest BCUT2D eigenvalue weighted by atomic mass is 16.5. The summed E-state index contributed by atoms with van der Waals surface area (Å²) in [5, 5.41) is 2.84. The number of pyridine rings is 1. The van der Waals surface area contributed by atoms with Crippen molar-refractivity contribution in [3.8, 4) is 11.5 Å². The first-order valence-corrected chi connectivity index (χ1v) is 9.65. The molecule has 1 N–H and O–H groups in total. The largest absolute Gasteiger partial charge is 0.456 e. The van der Waals surface area contributed by atoms with Crippen molar-refractivity contribution in [1.82, 2.24) is 9.88 Å². The van der Waals surface area contributed by atoms with E-state index in [1.165, 1.54) is 0 Å². The molecule has 1 saturated heterocycles. The van der Waals surface area contributed by atoms with Crippen LogP contribution in [0.3, 0.4) is 0 Å². The van der Waals surface area contributed by atoms with Crippen LogP contribution in [0, 0.1) is 0 Å². The number of carbonyl (C=O) groups is 2. The number of hydrogen-bond acceptors (Lipinski definition) is 5. The van der Waals surface area contributed by atoms with E-state index >= 15 is 0 Å². The van der Waals surface area contributed by atoms with Crippen molar-refractivity contribution in [2.45, 2.75) is 0 Å². The van der Waals surface area contributed by atoms with Crippen molar-refractivity contribution >= 4 is 17.5 Å². The highest BCUT2D eigenvalue weighted by Gasteiger charge is 2.19. The maximum atomic E-state index is 12.6. The summed E-state index contributed by atoms with van der Waals surface area (Å²) in [4.78, 5) is 31.0. The number of anilines is 1. The number of carbonyl (C=O) groups excluding carboxylic acids is 2. The SMILES string of the molecule is O=C(Nc1cccc(C(=O)N2CCOCC2)c1)c1ccc(Oc2cccnc2)cc1. The Kier molecular flexibility index (Phi) is 6.01. The Morgan fingerprint density at radius 2 is 1.73 bits per heavy atom. The minimum atomic E-state index is -0.265. The Morgan fingerprint density at radius 1 is 0.933 bits per heavy atom. The van der Waals surface area contributed by atoms with Crippen LogP contribution in [-0.2, 0) is 4.74 Å². The van der Waals surface area contributed by atoms with Gasteiger partial charge in [0, 0.05) is 36.1 Å². The lowest BCUT2D eigenvalue weighted by atomic mass is 10.1. The molecule has 0 unspecified atom stereocenters. The third kappa shape index (κ3) is 4.82. The zero-order valence-electron chi connectivity index (χ0n) is 16.3. The van der Waals surface area contributed by atoms with Gasteiger partial charge in [-0.3, -0.25) is 14.6 Å². The standard InChI is InChI=1S/C23H21N3O4/c27-22(17-6-8-20(9-7-17)30-21-5-2-10-24-16-21)25-19-4-1-3-18(15-19)23(28)26-11-13-29-14-12-26/h1-10,15-16H,11-14H2,(H,25,27). The maximum absolute atomic E-state index is 12.6. The fourth-order valence-corrected chi connectivity index (χ4v) is 3.10. The van der Waals surface area contributed by atoms with Crippen molar-refractivity contribution < 1.29 is 19.1 Å². The molecule has 1 aliphatic heterocycles.